The van der Waals surface area contributed by atoms with Gasteiger partial charge in [-0.2, -0.15) is 0 Å². The number of ether oxygens (including phenoxy) is 3. The zero-order valence-corrected chi connectivity index (χ0v) is 13.6. The molecule has 1 aliphatic carbocycles. The molecule has 2 rings (SSSR count). The van der Waals surface area contributed by atoms with Gasteiger partial charge in [0.25, 0.3) is 0 Å². The fourth-order valence-electron chi connectivity index (χ4n) is 2.40. The lowest BCUT2D eigenvalue weighted by molar-refractivity contribution is -0.130. The molecule has 1 aromatic rings. The summed E-state index contributed by atoms with van der Waals surface area (Å²) < 4.78 is 16.1. The highest BCUT2D eigenvalue weighted by Crippen LogP contribution is 2.30. The lowest BCUT2D eigenvalue weighted by atomic mass is 10.2. The third-order valence-electron chi connectivity index (χ3n) is 3.68. The summed E-state index contributed by atoms with van der Waals surface area (Å²) in [7, 11) is 3.31. The van der Waals surface area contributed by atoms with E-state index in [1.165, 1.54) is 0 Å². The molecule has 0 bridgehead atoms. The van der Waals surface area contributed by atoms with Gasteiger partial charge in [-0.3, -0.25) is 4.79 Å². The van der Waals surface area contributed by atoms with Crippen molar-refractivity contribution >= 4 is 5.91 Å². The van der Waals surface area contributed by atoms with E-state index >= 15 is 0 Å². The maximum absolute atomic E-state index is 11.8. The molecule has 1 fully saturated rings. The van der Waals surface area contributed by atoms with Crippen LogP contribution < -0.4 is 9.47 Å². The number of methoxy groups -OCH3 is 2. The lowest BCUT2D eigenvalue weighted by Crippen LogP contribution is -2.30. The smallest absolute Gasteiger partial charge is 0.219 e. The number of carbonyl (C=O) groups is 1. The van der Waals surface area contributed by atoms with Gasteiger partial charge in [-0.1, -0.05) is 0 Å². The molecule has 0 unspecified atom stereocenters. The quantitative estimate of drug-likeness (QED) is 0.658. The van der Waals surface area contributed by atoms with Crippen molar-refractivity contribution in [1.29, 1.82) is 0 Å². The average molecular weight is 307 g/mol. The van der Waals surface area contributed by atoms with Crippen molar-refractivity contribution in [1.82, 2.24) is 4.90 Å². The first kappa shape index (κ1) is 16.6. The van der Waals surface area contributed by atoms with Crippen molar-refractivity contribution in [2.45, 2.75) is 38.8 Å². The minimum Gasteiger partial charge on any atom is -0.497 e. The van der Waals surface area contributed by atoms with E-state index < -0.39 is 0 Å². The molecule has 22 heavy (non-hydrogen) atoms. The third-order valence-corrected chi connectivity index (χ3v) is 3.68. The summed E-state index contributed by atoms with van der Waals surface area (Å²) in [5.74, 6) is 1.64. The molecule has 5 heteroatoms. The summed E-state index contributed by atoms with van der Waals surface area (Å²) in [6, 6.07) is 6.20. The zero-order chi connectivity index (χ0) is 15.9. The van der Waals surface area contributed by atoms with Gasteiger partial charge in [0.15, 0.2) is 0 Å². The Morgan fingerprint density at radius 3 is 2.50 bits per heavy atom. The van der Waals surface area contributed by atoms with E-state index in [-0.39, 0.29) is 5.91 Å². The first-order valence-electron chi connectivity index (χ1n) is 7.71. The number of hydrogen-bond acceptors (Lipinski definition) is 4. The van der Waals surface area contributed by atoms with Crippen LogP contribution in [0.5, 0.6) is 11.5 Å². The molecule has 1 aliphatic rings. The second-order valence-corrected chi connectivity index (χ2v) is 5.59. The number of hydrogen-bond donors (Lipinski definition) is 0. The first-order valence-corrected chi connectivity index (χ1v) is 7.71. The highest BCUT2D eigenvalue weighted by Gasteiger charge is 2.30. The minimum absolute atomic E-state index is 0.118. The molecule has 0 saturated heterocycles. The molecule has 0 aromatic heterocycles. The summed E-state index contributed by atoms with van der Waals surface area (Å²) in [5, 5.41) is 0. The van der Waals surface area contributed by atoms with Crippen molar-refractivity contribution in [2.75, 3.05) is 27.4 Å². The molecule has 1 amide bonds. The Labute approximate surface area is 132 Å². The molecule has 1 saturated carbocycles. The monoisotopic (exact) mass is 307 g/mol. The zero-order valence-electron chi connectivity index (χ0n) is 13.6. The van der Waals surface area contributed by atoms with Gasteiger partial charge in [0.2, 0.25) is 5.91 Å². The van der Waals surface area contributed by atoms with Gasteiger partial charge in [0.1, 0.15) is 11.5 Å². The van der Waals surface area contributed by atoms with Crippen molar-refractivity contribution in [3.8, 4) is 11.5 Å². The largest absolute Gasteiger partial charge is 0.497 e. The van der Waals surface area contributed by atoms with Gasteiger partial charge in [0.05, 0.1) is 13.7 Å². The molecular weight excluding hydrogens is 282 g/mol. The minimum atomic E-state index is 0.118. The Morgan fingerprint density at radius 2 is 1.91 bits per heavy atom. The molecular formula is C17H25NO4. The highest BCUT2D eigenvalue weighted by molar-refractivity contribution is 5.74. The fraction of sp³-hybridized carbons (Fsp3) is 0.588. The van der Waals surface area contributed by atoms with E-state index in [0.717, 1.165) is 36.3 Å². The molecule has 0 radical (unpaired) electrons. The van der Waals surface area contributed by atoms with Crippen LogP contribution >= 0.6 is 0 Å². The molecule has 0 N–H and O–H groups in total. The standard InChI is InChI=1S/C17H25NO4/c1-13(19)18(15-5-6-15)12-14-9-16(21-3)11-17(10-14)22-8-4-7-20-2/h9-11,15H,4-8,12H2,1-3H3. The van der Waals surface area contributed by atoms with Crippen LogP contribution in [0.1, 0.15) is 31.7 Å². The molecule has 0 heterocycles. The molecule has 5 nitrogen and oxygen atoms in total. The topological polar surface area (TPSA) is 48.0 Å². The van der Waals surface area contributed by atoms with E-state index in [4.69, 9.17) is 14.2 Å². The SMILES string of the molecule is COCCCOc1cc(CN(C(C)=O)C2CC2)cc(OC)c1. The lowest BCUT2D eigenvalue weighted by Gasteiger charge is -2.21. The number of benzene rings is 1. The molecule has 1 aromatic carbocycles. The predicted molar refractivity (Wildman–Crippen MR) is 84.2 cm³/mol. The average Bonchev–Trinajstić information content (AvgIpc) is 3.33. The van der Waals surface area contributed by atoms with Crippen LogP contribution in [0.2, 0.25) is 0 Å². The number of carbonyl (C=O) groups excluding carboxylic acids is 1. The second-order valence-electron chi connectivity index (χ2n) is 5.59. The second kappa shape index (κ2) is 8.03. The van der Waals surface area contributed by atoms with Crippen molar-refractivity contribution in [2.24, 2.45) is 0 Å². The van der Waals surface area contributed by atoms with Gasteiger partial charge in [-0.05, 0) is 30.5 Å². The van der Waals surface area contributed by atoms with Crippen LogP contribution in [0, 0.1) is 0 Å². The molecule has 122 valence electrons. The Hall–Kier alpha value is -1.75. The van der Waals surface area contributed by atoms with Crippen molar-refractivity contribution < 1.29 is 19.0 Å². The summed E-state index contributed by atoms with van der Waals surface area (Å²) in [6.07, 6.45) is 3.04. The number of amides is 1. The van der Waals surface area contributed by atoms with Gasteiger partial charge in [-0.25, -0.2) is 0 Å². The van der Waals surface area contributed by atoms with Gasteiger partial charge < -0.3 is 19.1 Å². The molecule has 0 spiro atoms. The van der Waals surface area contributed by atoms with Crippen LogP contribution in [-0.2, 0) is 16.1 Å². The summed E-state index contributed by atoms with van der Waals surface area (Å²) in [5.41, 5.74) is 1.03. The van der Waals surface area contributed by atoms with E-state index in [2.05, 4.69) is 0 Å². The molecule has 0 aliphatic heterocycles. The van der Waals surface area contributed by atoms with Crippen LogP contribution in [0.15, 0.2) is 18.2 Å². The maximum Gasteiger partial charge on any atom is 0.219 e. The van der Waals surface area contributed by atoms with Crippen LogP contribution in [0.25, 0.3) is 0 Å². The summed E-state index contributed by atoms with van der Waals surface area (Å²) in [6.45, 7) is 3.50. The summed E-state index contributed by atoms with van der Waals surface area (Å²) in [4.78, 5) is 13.7. The maximum atomic E-state index is 11.8. The van der Waals surface area contributed by atoms with E-state index in [0.29, 0.717) is 25.8 Å². The van der Waals surface area contributed by atoms with Gasteiger partial charge in [-0.15, -0.1) is 0 Å². The van der Waals surface area contributed by atoms with E-state index in [1.807, 2.05) is 23.1 Å². The Morgan fingerprint density at radius 1 is 1.18 bits per heavy atom. The summed E-state index contributed by atoms with van der Waals surface area (Å²) >= 11 is 0. The van der Waals surface area contributed by atoms with Crippen LogP contribution in [0.3, 0.4) is 0 Å². The molecule has 0 atom stereocenters. The van der Waals surface area contributed by atoms with E-state index in [9.17, 15) is 4.79 Å². The van der Waals surface area contributed by atoms with Crippen molar-refractivity contribution in [3.05, 3.63) is 23.8 Å². The first-order chi connectivity index (χ1) is 10.6. The van der Waals surface area contributed by atoms with Crippen molar-refractivity contribution in [3.63, 3.8) is 0 Å². The third kappa shape index (κ3) is 4.91. The van der Waals surface area contributed by atoms with Gasteiger partial charge >= 0.3 is 0 Å². The Bertz CT molecular complexity index is 499. The highest BCUT2D eigenvalue weighted by atomic mass is 16.5. The van der Waals surface area contributed by atoms with Gasteiger partial charge in [0, 0.05) is 45.7 Å². The van der Waals surface area contributed by atoms with Crippen LogP contribution in [0.4, 0.5) is 0 Å². The van der Waals surface area contributed by atoms with Crippen LogP contribution in [-0.4, -0.2) is 44.3 Å². The fourth-order valence-corrected chi connectivity index (χ4v) is 2.40. The number of rotatable bonds is 9. The predicted octanol–water partition coefficient (Wildman–Crippen LogP) is 2.62. The Kier molecular flexibility index (Phi) is 6.07. The Balaban J connectivity index is 2.04. The van der Waals surface area contributed by atoms with E-state index in [1.54, 1.807) is 21.1 Å². The number of nitrogens with zero attached hydrogens (tertiary/aromatic N) is 1. The normalized spacial score (nSPS) is 13.8.